The molecule has 0 unspecified atom stereocenters. The molecule has 1 heterocycles. The second-order valence-electron chi connectivity index (χ2n) is 3.53. The number of rotatable bonds is 5. The molecule has 0 radical (unpaired) electrons. The summed E-state index contributed by atoms with van der Waals surface area (Å²) in [6.07, 6.45) is 3.60. The highest BCUT2D eigenvalue weighted by Crippen LogP contribution is 2.11. The number of hydrogen-bond donors (Lipinski definition) is 3. The first kappa shape index (κ1) is 10.3. The Hall–Kier alpha value is -0.770. The first-order valence-electron chi connectivity index (χ1n) is 4.99. The van der Waals surface area contributed by atoms with Crippen LogP contribution in [0.15, 0.2) is 0 Å². The van der Waals surface area contributed by atoms with E-state index >= 15 is 0 Å². The van der Waals surface area contributed by atoms with Gasteiger partial charge in [-0.2, -0.15) is 0 Å². The van der Waals surface area contributed by atoms with Gasteiger partial charge in [0.25, 0.3) is 0 Å². The van der Waals surface area contributed by atoms with Gasteiger partial charge >= 0.3 is 6.03 Å². The molecule has 1 aliphatic heterocycles. The van der Waals surface area contributed by atoms with E-state index in [9.17, 15) is 4.79 Å². The fraction of sp³-hybridized carbons (Fsp3) is 0.889. The third-order valence-corrected chi connectivity index (χ3v) is 2.42. The highest BCUT2D eigenvalue weighted by Gasteiger charge is 2.15. The van der Waals surface area contributed by atoms with Gasteiger partial charge in [-0.15, -0.1) is 0 Å². The maximum absolute atomic E-state index is 10.7. The van der Waals surface area contributed by atoms with Crippen molar-refractivity contribution in [1.29, 1.82) is 0 Å². The van der Waals surface area contributed by atoms with E-state index in [0.29, 0.717) is 0 Å². The SMILES string of the molecule is CNC(=O)NCCCCC1CNC1. The highest BCUT2D eigenvalue weighted by molar-refractivity contribution is 5.73. The van der Waals surface area contributed by atoms with Gasteiger partial charge in [0.05, 0.1) is 0 Å². The van der Waals surface area contributed by atoms with Gasteiger partial charge in [0.15, 0.2) is 0 Å². The molecule has 13 heavy (non-hydrogen) atoms. The van der Waals surface area contributed by atoms with E-state index in [4.69, 9.17) is 0 Å². The minimum Gasteiger partial charge on any atom is -0.341 e. The molecule has 0 aliphatic carbocycles. The van der Waals surface area contributed by atoms with Gasteiger partial charge in [0.1, 0.15) is 0 Å². The molecule has 1 aliphatic rings. The topological polar surface area (TPSA) is 53.2 Å². The molecule has 0 saturated carbocycles. The van der Waals surface area contributed by atoms with Crippen molar-refractivity contribution in [2.45, 2.75) is 19.3 Å². The molecule has 2 amide bonds. The molecule has 0 aromatic rings. The lowest BCUT2D eigenvalue weighted by Crippen LogP contribution is -2.41. The smallest absolute Gasteiger partial charge is 0.314 e. The van der Waals surface area contributed by atoms with Gasteiger partial charge in [-0.05, 0) is 31.8 Å². The van der Waals surface area contributed by atoms with Crippen LogP contribution in [0.4, 0.5) is 4.79 Å². The Morgan fingerprint density at radius 1 is 1.46 bits per heavy atom. The minimum atomic E-state index is -0.0784. The first-order valence-corrected chi connectivity index (χ1v) is 4.99. The molecule has 0 atom stereocenters. The van der Waals surface area contributed by atoms with Crippen LogP contribution >= 0.6 is 0 Å². The second-order valence-corrected chi connectivity index (χ2v) is 3.53. The quantitative estimate of drug-likeness (QED) is 0.540. The number of unbranched alkanes of at least 4 members (excludes halogenated alkanes) is 1. The van der Waals surface area contributed by atoms with Crippen LogP contribution < -0.4 is 16.0 Å². The minimum absolute atomic E-state index is 0.0784. The summed E-state index contributed by atoms with van der Waals surface area (Å²) in [7, 11) is 1.63. The summed E-state index contributed by atoms with van der Waals surface area (Å²) < 4.78 is 0. The molecule has 0 spiro atoms. The summed E-state index contributed by atoms with van der Waals surface area (Å²) in [6, 6.07) is -0.0784. The Morgan fingerprint density at radius 3 is 2.77 bits per heavy atom. The van der Waals surface area contributed by atoms with E-state index in [-0.39, 0.29) is 6.03 Å². The lowest BCUT2D eigenvalue weighted by molar-refractivity contribution is 0.242. The van der Waals surface area contributed by atoms with E-state index in [1.807, 2.05) is 0 Å². The van der Waals surface area contributed by atoms with E-state index in [1.54, 1.807) is 7.05 Å². The normalized spacial score (nSPS) is 16.4. The summed E-state index contributed by atoms with van der Waals surface area (Å²) in [5.74, 6) is 0.889. The number of urea groups is 1. The molecular formula is C9H19N3O. The van der Waals surface area contributed by atoms with Gasteiger partial charge in [-0.3, -0.25) is 0 Å². The number of hydrogen-bond acceptors (Lipinski definition) is 2. The Bertz CT molecular complexity index is 157. The van der Waals surface area contributed by atoms with Crippen molar-refractivity contribution in [1.82, 2.24) is 16.0 Å². The van der Waals surface area contributed by atoms with Gasteiger partial charge in [-0.1, -0.05) is 6.42 Å². The first-order chi connectivity index (χ1) is 6.33. The third-order valence-electron chi connectivity index (χ3n) is 2.42. The van der Waals surface area contributed by atoms with Crippen LogP contribution in [0.5, 0.6) is 0 Å². The fourth-order valence-corrected chi connectivity index (χ4v) is 1.40. The molecule has 4 nitrogen and oxygen atoms in total. The van der Waals surface area contributed by atoms with Crippen LogP contribution in [-0.4, -0.2) is 32.7 Å². The zero-order chi connectivity index (χ0) is 9.52. The summed E-state index contributed by atoms with van der Waals surface area (Å²) in [6.45, 7) is 3.16. The van der Waals surface area contributed by atoms with Gasteiger partial charge < -0.3 is 16.0 Å². The Kier molecular flexibility index (Phi) is 4.60. The molecule has 0 aromatic heterocycles. The van der Waals surface area contributed by atoms with Crippen LogP contribution in [0.1, 0.15) is 19.3 Å². The molecule has 0 aromatic carbocycles. The number of amides is 2. The Balaban J connectivity index is 1.80. The maximum Gasteiger partial charge on any atom is 0.314 e. The van der Waals surface area contributed by atoms with E-state index in [1.165, 1.54) is 25.9 Å². The molecule has 76 valence electrons. The van der Waals surface area contributed by atoms with Crippen LogP contribution in [0.2, 0.25) is 0 Å². The number of nitrogens with one attached hydrogen (secondary N) is 3. The lowest BCUT2D eigenvalue weighted by Gasteiger charge is -2.26. The van der Waals surface area contributed by atoms with E-state index in [0.717, 1.165) is 18.9 Å². The Labute approximate surface area is 79.5 Å². The van der Waals surface area contributed by atoms with E-state index < -0.39 is 0 Å². The predicted octanol–water partition coefficient (Wildman–Crippen LogP) is 0.305. The highest BCUT2D eigenvalue weighted by atomic mass is 16.2. The molecule has 1 fully saturated rings. The number of carbonyl (C=O) groups excluding carboxylic acids is 1. The molecule has 1 saturated heterocycles. The largest absolute Gasteiger partial charge is 0.341 e. The molecule has 0 bridgehead atoms. The summed E-state index contributed by atoms with van der Waals surface area (Å²) >= 11 is 0. The van der Waals surface area contributed by atoms with Crippen LogP contribution in [0.3, 0.4) is 0 Å². The van der Waals surface area contributed by atoms with Crippen molar-refractivity contribution >= 4 is 6.03 Å². The van der Waals surface area contributed by atoms with Crippen molar-refractivity contribution in [3.8, 4) is 0 Å². The van der Waals surface area contributed by atoms with Crippen molar-refractivity contribution in [3.05, 3.63) is 0 Å². The van der Waals surface area contributed by atoms with Crippen LogP contribution in [0, 0.1) is 5.92 Å². The molecular weight excluding hydrogens is 166 g/mol. The van der Waals surface area contributed by atoms with Gasteiger partial charge in [0.2, 0.25) is 0 Å². The van der Waals surface area contributed by atoms with Gasteiger partial charge in [0, 0.05) is 13.6 Å². The van der Waals surface area contributed by atoms with Crippen molar-refractivity contribution in [2.75, 3.05) is 26.7 Å². The third kappa shape index (κ3) is 4.12. The van der Waals surface area contributed by atoms with Crippen LogP contribution in [-0.2, 0) is 0 Å². The standard InChI is InChI=1S/C9H19N3O/c1-10-9(13)12-5-3-2-4-8-6-11-7-8/h8,11H,2-7H2,1H3,(H2,10,12,13). The summed E-state index contributed by atoms with van der Waals surface area (Å²) in [5.41, 5.74) is 0. The van der Waals surface area contributed by atoms with Gasteiger partial charge in [-0.25, -0.2) is 4.79 Å². The molecule has 1 rings (SSSR count). The van der Waals surface area contributed by atoms with E-state index in [2.05, 4.69) is 16.0 Å². The molecule has 4 heteroatoms. The predicted molar refractivity (Wildman–Crippen MR) is 52.7 cm³/mol. The average molecular weight is 185 g/mol. The van der Waals surface area contributed by atoms with Crippen molar-refractivity contribution < 1.29 is 4.79 Å². The maximum atomic E-state index is 10.7. The summed E-state index contributed by atoms with van der Waals surface area (Å²) in [5, 5.41) is 8.55. The lowest BCUT2D eigenvalue weighted by atomic mass is 9.96. The monoisotopic (exact) mass is 185 g/mol. The zero-order valence-corrected chi connectivity index (χ0v) is 8.23. The fourth-order valence-electron chi connectivity index (χ4n) is 1.40. The second kappa shape index (κ2) is 5.80. The van der Waals surface area contributed by atoms with Crippen molar-refractivity contribution in [2.24, 2.45) is 5.92 Å². The van der Waals surface area contributed by atoms with Crippen molar-refractivity contribution in [3.63, 3.8) is 0 Å². The Morgan fingerprint density at radius 2 is 2.23 bits per heavy atom. The van der Waals surface area contributed by atoms with Crippen LogP contribution in [0.25, 0.3) is 0 Å². The molecule has 3 N–H and O–H groups in total. The summed E-state index contributed by atoms with van der Waals surface area (Å²) in [4.78, 5) is 10.7. The number of carbonyl (C=O) groups is 1. The average Bonchev–Trinajstić information content (AvgIpc) is 2.07. The zero-order valence-electron chi connectivity index (χ0n) is 8.23.